The van der Waals surface area contributed by atoms with E-state index in [-0.39, 0.29) is 30.6 Å². The summed E-state index contributed by atoms with van der Waals surface area (Å²) in [7, 11) is -3.67. The number of aryl methyl sites for hydroxylation is 2. The fourth-order valence-corrected chi connectivity index (χ4v) is 3.51. The van der Waals surface area contributed by atoms with Crippen molar-refractivity contribution in [3.8, 4) is 0 Å². The molecule has 2 heterocycles. The number of hydrogen-bond acceptors (Lipinski definition) is 5. The van der Waals surface area contributed by atoms with Gasteiger partial charge in [-0.05, 0) is 13.8 Å². The molecule has 2 rings (SSSR count). The van der Waals surface area contributed by atoms with E-state index < -0.39 is 16.1 Å². The number of rotatable bonds is 4. The molecule has 0 bridgehead atoms. The first kappa shape index (κ1) is 14.9. The minimum Gasteiger partial charge on any atom is -0.385 e. The number of nitrogens with two attached hydrogens (primary N) is 1. The van der Waals surface area contributed by atoms with E-state index in [1.54, 1.807) is 11.5 Å². The highest BCUT2D eigenvalue weighted by Gasteiger charge is 2.33. The van der Waals surface area contributed by atoms with Crippen molar-refractivity contribution in [1.29, 1.82) is 5.41 Å². The van der Waals surface area contributed by atoms with Crippen molar-refractivity contribution < 1.29 is 13.2 Å². The van der Waals surface area contributed by atoms with E-state index >= 15 is 0 Å². The molecule has 9 heteroatoms. The molecule has 0 aromatic carbocycles. The molecular formula is C11H19N5O3S. The van der Waals surface area contributed by atoms with Crippen molar-refractivity contribution >= 4 is 15.9 Å². The van der Waals surface area contributed by atoms with Crippen molar-refractivity contribution in [2.45, 2.75) is 31.5 Å². The molecule has 20 heavy (non-hydrogen) atoms. The molecule has 1 aliphatic rings. The maximum absolute atomic E-state index is 12.5. The summed E-state index contributed by atoms with van der Waals surface area (Å²) in [5.74, 6) is 0.489. The van der Waals surface area contributed by atoms with Crippen molar-refractivity contribution in [3.63, 3.8) is 0 Å². The smallest absolute Gasteiger partial charge is 0.262 e. The maximum atomic E-state index is 12.5. The number of amidine groups is 1. The van der Waals surface area contributed by atoms with E-state index in [0.717, 1.165) is 0 Å². The van der Waals surface area contributed by atoms with Crippen LogP contribution in [0.1, 0.15) is 12.7 Å². The molecule has 1 unspecified atom stereocenters. The summed E-state index contributed by atoms with van der Waals surface area (Å²) in [4.78, 5) is 4.11. The van der Waals surface area contributed by atoms with Crippen molar-refractivity contribution in [3.05, 3.63) is 12.0 Å². The van der Waals surface area contributed by atoms with Crippen LogP contribution in [-0.2, 0) is 21.3 Å². The van der Waals surface area contributed by atoms with Gasteiger partial charge in [-0.15, -0.1) is 0 Å². The summed E-state index contributed by atoms with van der Waals surface area (Å²) in [5, 5.41) is 7.40. The minimum atomic E-state index is -3.67. The number of nitrogens with one attached hydrogen (secondary N) is 1. The summed E-state index contributed by atoms with van der Waals surface area (Å²) < 4.78 is 33.4. The van der Waals surface area contributed by atoms with Gasteiger partial charge < -0.3 is 15.0 Å². The first-order chi connectivity index (χ1) is 9.36. The summed E-state index contributed by atoms with van der Waals surface area (Å²) in [6.45, 7) is 4.86. The molecule has 1 aliphatic heterocycles. The van der Waals surface area contributed by atoms with Gasteiger partial charge in [0, 0.05) is 25.8 Å². The molecule has 0 spiro atoms. The van der Waals surface area contributed by atoms with Crippen molar-refractivity contribution in [2.24, 2.45) is 5.73 Å². The quantitative estimate of drug-likeness (QED) is 0.577. The number of ether oxygens (including phenoxy) is 1. The predicted octanol–water partition coefficient (Wildman–Crippen LogP) is -0.463. The van der Waals surface area contributed by atoms with Crippen LogP contribution >= 0.6 is 0 Å². The zero-order chi connectivity index (χ0) is 14.9. The Hall–Kier alpha value is -1.45. The third kappa shape index (κ3) is 2.69. The highest BCUT2D eigenvalue weighted by molar-refractivity contribution is 7.89. The average molecular weight is 301 g/mol. The van der Waals surface area contributed by atoms with E-state index in [1.807, 2.05) is 6.92 Å². The molecule has 8 nitrogen and oxygen atoms in total. The van der Waals surface area contributed by atoms with Crippen LogP contribution in [0.2, 0.25) is 0 Å². The Bertz CT molecular complexity index is 610. The van der Waals surface area contributed by atoms with Gasteiger partial charge in [0.1, 0.15) is 17.8 Å². The fraction of sp³-hybridized carbons (Fsp3) is 0.636. The van der Waals surface area contributed by atoms with E-state index in [4.69, 9.17) is 15.9 Å². The predicted molar refractivity (Wildman–Crippen MR) is 73.1 cm³/mol. The topological polar surface area (TPSA) is 114 Å². The molecule has 1 aromatic rings. The second-order valence-corrected chi connectivity index (χ2v) is 6.48. The number of imidazole rings is 1. The third-order valence-corrected chi connectivity index (χ3v) is 5.01. The molecule has 0 saturated carbocycles. The molecule has 1 atom stereocenters. The molecule has 0 amide bonds. The largest absolute Gasteiger partial charge is 0.385 e. The lowest BCUT2D eigenvalue weighted by Crippen LogP contribution is -2.50. The molecule has 1 saturated heterocycles. The highest BCUT2D eigenvalue weighted by Crippen LogP contribution is 2.18. The van der Waals surface area contributed by atoms with E-state index in [0.29, 0.717) is 12.4 Å². The van der Waals surface area contributed by atoms with Crippen LogP contribution in [0.3, 0.4) is 0 Å². The zero-order valence-electron chi connectivity index (χ0n) is 11.5. The summed E-state index contributed by atoms with van der Waals surface area (Å²) >= 11 is 0. The maximum Gasteiger partial charge on any atom is 0.262 e. The standard InChI is InChI=1S/C11H19N5O3S/c1-3-15-7-10(14-8(15)2)20(17,18)16-4-5-19-9(6-16)11(12)13/h7,9H,3-6H2,1-2H3,(H3,12,13). The Morgan fingerprint density at radius 3 is 2.90 bits per heavy atom. The lowest BCUT2D eigenvalue weighted by atomic mass is 10.3. The van der Waals surface area contributed by atoms with Crippen LogP contribution in [0.5, 0.6) is 0 Å². The van der Waals surface area contributed by atoms with Gasteiger partial charge in [-0.2, -0.15) is 4.31 Å². The minimum absolute atomic E-state index is 0.0288. The fourth-order valence-electron chi connectivity index (χ4n) is 2.09. The van der Waals surface area contributed by atoms with E-state index in [1.165, 1.54) is 10.5 Å². The Kier molecular flexibility index (Phi) is 4.11. The Morgan fingerprint density at radius 2 is 2.35 bits per heavy atom. The van der Waals surface area contributed by atoms with Crippen LogP contribution in [-0.4, -0.2) is 53.9 Å². The van der Waals surface area contributed by atoms with Crippen LogP contribution in [0.4, 0.5) is 0 Å². The Balaban J connectivity index is 2.27. The van der Waals surface area contributed by atoms with Gasteiger partial charge in [0.05, 0.1) is 6.61 Å². The normalized spacial score (nSPS) is 21.0. The highest BCUT2D eigenvalue weighted by atomic mass is 32.2. The Morgan fingerprint density at radius 1 is 1.65 bits per heavy atom. The summed E-state index contributed by atoms with van der Waals surface area (Å²) in [5.41, 5.74) is 5.38. The zero-order valence-corrected chi connectivity index (χ0v) is 12.4. The van der Waals surface area contributed by atoms with E-state index in [2.05, 4.69) is 4.98 Å². The number of hydrogen-bond donors (Lipinski definition) is 2. The summed E-state index contributed by atoms with van der Waals surface area (Å²) in [6, 6.07) is 0. The van der Waals surface area contributed by atoms with Crippen molar-refractivity contribution in [2.75, 3.05) is 19.7 Å². The average Bonchev–Trinajstić information content (AvgIpc) is 2.81. The molecule has 0 radical (unpaired) electrons. The molecular weight excluding hydrogens is 282 g/mol. The lowest BCUT2D eigenvalue weighted by Gasteiger charge is -2.30. The number of sulfonamides is 1. The van der Waals surface area contributed by atoms with Gasteiger partial charge in [0.15, 0.2) is 5.03 Å². The Labute approximate surface area is 118 Å². The van der Waals surface area contributed by atoms with Crippen LogP contribution < -0.4 is 5.73 Å². The monoisotopic (exact) mass is 301 g/mol. The molecule has 3 N–H and O–H groups in total. The number of nitrogens with zero attached hydrogens (tertiary/aromatic N) is 3. The van der Waals surface area contributed by atoms with Gasteiger partial charge in [0.2, 0.25) is 0 Å². The van der Waals surface area contributed by atoms with Crippen LogP contribution in [0, 0.1) is 12.3 Å². The number of morpholine rings is 1. The van der Waals surface area contributed by atoms with E-state index in [9.17, 15) is 8.42 Å². The molecule has 1 fully saturated rings. The second-order valence-electron chi connectivity index (χ2n) is 4.59. The number of aromatic nitrogens is 2. The van der Waals surface area contributed by atoms with Gasteiger partial charge in [0.25, 0.3) is 10.0 Å². The van der Waals surface area contributed by atoms with Crippen LogP contribution in [0.25, 0.3) is 0 Å². The van der Waals surface area contributed by atoms with Gasteiger partial charge >= 0.3 is 0 Å². The first-order valence-electron chi connectivity index (χ1n) is 6.35. The van der Waals surface area contributed by atoms with Crippen LogP contribution in [0.15, 0.2) is 11.2 Å². The van der Waals surface area contributed by atoms with Gasteiger partial charge in [-0.1, -0.05) is 0 Å². The lowest BCUT2D eigenvalue weighted by molar-refractivity contribution is 0.0367. The second kappa shape index (κ2) is 5.51. The summed E-state index contributed by atoms with van der Waals surface area (Å²) in [6.07, 6.45) is 0.844. The molecule has 1 aromatic heterocycles. The van der Waals surface area contributed by atoms with Gasteiger partial charge in [-0.25, -0.2) is 13.4 Å². The first-order valence-corrected chi connectivity index (χ1v) is 7.79. The SMILES string of the molecule is CCn1cc(S(=O)(=O)N2CCOC(C(=N)N)C2)nc1C. The van der Waals surface area contributed by atoms with Gasteiger partial charge in [-0.3, -0.25) is 5.41 Å². The molecule has 112 valence electrons. The molecule has 0 aliphatic carbocycles. The van der Waals surface area contributed by atoms with Crippen molar-refractivity contribution in [1.82, 2.24) is 13.9 Å². The third-order valence-electron chi connectivity index (χ3n) is 3.27.